The summed E-state index contributed by atoms with van der Waals surface area (Å²) in [6.07, 6.45) is 8.89. The van der Waals surface area contributed by atoms with Crippen LogP contribution in [0, 0.1) is 0 Å². The van der Waals surface area contributed by atoms with Gasteiger partial charge in [0.05, 0.1) is 6.10 Å². The average molecular weight is 192 g/mol. The molecule has 0 radical (unpaired) electrons. The Morgan fingerprint density at radius 3 is 2.71 bits per heavy atom. The van der Waals surface area contributed by atoms with Crippen LogP contribution < -0.4 is 0 Å². The van der Waals surface area contributed by atoms with Crippen LogP contribution in [0.15, 0.2) is 35.1 Å². The number of ether oxygens (including phenoxy) is 1. The van der Waals surface area contributed by atoms with Crippen molar-refractivity contribution in [3.05, 3.63) is 35.1 Å². The van der Waals surface area contributed by atoms with Crippen molar-refractivity contribution in [1.29, 1.82) is 0 Å². The van der Waals surface area contributed by atoms with Crippen molar-refractivity contribution in [1.82, 2.24) is 0 Å². The van der Waals surface area contributed by atoms with Crippen molar-refractivity contribution in [2.45, 2.75) is 46.6 Å². The molecule has 0 bridgehead atoms. The fraction of sp³-hybridized carbons (Fsp3) is 0.538. The van der Waals surface area contributed by atoms with Crippen molar-refractivity contribution in [2.75, 3.05) is 0 Å². The van der Waals surface area contributed by atoms with Crippen molar-refractivity contribution in [3.63, 3.8) is 0 Å². The number of hydrogen-bond donors (Lipinski definition) is 0. The Bertz CT molecular complexity index is 280. The number of allylic oxidation sites excluding steroid dienone is 5. The first-order valence-electron chi connectivity index (χ1n) is 5.37. The van der Waals surface area contributed by atoms with Gasteiger partial charge in [-0.05, 0) is 50.8 Å². The zero-order valence-corrected chi connectivity index (χ0v) is 9.63. The molecule has 1 rings (SSSR count). The molecule has 0 N–H and O–H groups in total. The van der Waals surface area contributed by atoms with Gasteiger partial charge in [-0.25, -0.2) is 0 Å². The smallest absolute Gasteiger partial charge is 0.119 e. The van der Waals surface area contributed by atoms with Gasteiger partial charge in [0.2, 0.25) is 0 Å². The van der Waals surface area contributed by atoms with Gasteiger partial charge in [0.15, 0.2) is 0 Å². The molecule has 0 aromatic rings. The molecule has 1 aliphatic rings. The van der Waals surface area contributed by atoms with Crippen LogP contribution in [0.5, 0.6) is 0 Å². The fourth-order valence-corrected chi connectivity index (χ4v) is 1.44. The number of rotatable bonds is 3. The van der Waals surface area contributed by atoms with Crippen LogP contribution in [0.1, 0.15) is 40.5 Å². The maximum atomic E-state index is 5.78. The second kappa shape index (κ2) is 5.04. The van der Waals surface area contributed by atoms with E-state index in [1.54, 1.807) is 0 Å². The maximum Gasteiger partial charge on any atom is 0.119 e. The Kier molecular flexibility index (Phi) is 3.99. The molecule has 0 aromatic carbocycles. The second-order valence-corrected chi connectivity index (χ2v) is 3.99. The summed E-state index contributed by atoms with van der Waals surface area (Å²) in [5.41, 5.74) is 2.66. The van der Waals surface area contributed by atoms with E-state index < -0.39 is 0 Å². The molecule has 14 heavy (non-hydrogen) atoms. The fourth-order valence-electron chi connectivity index (χ4n) is 1.44. The molecule has 0 atom stereocenters. The van der Waals surface area contributed by atoms with Gasteiger partial charge in [-0.15, -0.1) is 0 Å². The first-order chi connectivity index (χ1) is 6.63. The molecule has 0 amide bonds. The van der Waals surface area contributed by atoms with Gasteiger partial charge in [0, 0.05) is 0 Å². The summed E-state index contributed by atoms with van der Waals surface area (Å²) in [5, 5.41) is 0. The van der Waals surface area contributed by atoms with Crippen molar-refractivity contribution >= 4 is 0 Å². The molecule has 1 aliphatic carbocycles. The Labute approximate surface area is 87.2 Å². The summed E-state index contributed by atoms with van der Waals surface area (Å²) in [5.74, 6) is 1.06. The quantitative estimate of drug-likeness (QED) is 0.657. The van der Waals surface area contributed by atoms with Gasteiger partial charge in [-0.1, -0.05) is 19.1 Å². The highest BCUT2D eigenvalue weighted by molar-refractivity contribution is 5.34. The van der Waals surface area contributed by atoms with E-state index in [0.29, 0.717) is 0 Å². The Morgan fingerprint density at radius 2 is 2.14 bits per heavy atom. The zero-order chi connectivity index (χ0) is 10.6. The minimum atomic E-state index is 0.257. The van der Waals surface area contributed by atoms with Crippen molar-refractivity contribution < 1.29 is 4.74 Å². The van der Waals surface area contributed by atoms with Crippen LogP contribution in [0.25, 0.3) is 0 Å². The van der Waals surface area contributed by atoms with Crippen LogP contribution >= 0.6 is 0 Å². The minimum absolute atomic E-state index is 0.257. The molecule has 0 unspecified atom stereocenters. The Morgan fingerprint density at radius 1 is 1.43 bits per heavy atom. The lowest BCUT2D eigenvalue weighted by atomic mass is 10.1. The number of hydrogen-bond acceptors (Lipinski definition) is 1. The Hall–Kier alpha value is -0.980. The SMILES string of the molecule is CCC1=CC(OC(C)C)=C(C)CC=C1. The maximum absolute atomic E-state index is 5.78. The highest BCUT2D eigenvalue weighted by Crippen LogP contribution is 2.21. The van der Waals surface area contributed by atoms with E-state index in [4.69, 9.17) is 4.74 Å². The van der Waals surface area contributed by atoms with Gasteiger partial charge in [-0.2, -0.15) is 0 Å². The van der Waals surface area contributed by atoms with E-state index in [-0.39, 0.29) is 6.10 Å². The average Bonchev–Trinajstić information content (AvgIpc) is 2.28. The third kappa shape index (κ3) is 3.06. The third-order valence-electron chi connectivity index (χ3n) is 2.26. The molecular formula is C13H20O. The molecule has 1 heteroatoms. The standard InChI is InChI=1S/C13H20O/c1-5-12-8-6-7-11(4)13(9-12)14-10(2)3/h6,8-10H,5,7H2,1-4H3. The van der Waals surface area contributed by atoms with Gasteiger partial charge in [0.1, 0.15) is 5.76 Å². The van der Waals surface area contributed by atoms with Gasteiger partial charge in [-0.3, -0.25) is 0 Å². The van der Waals surface area contributed by atoms with E-state index in [1.165, 1.54) is 11.1 Å². The lowest BCUT2D eigenvalue weighted by Crippen LogP contribution is -2.02. The Balaban J connectivity index is 2.87. The first kappa shape index (κ1) is 11.1. The molecule has 0 aliphatic heterocycles. The summed E-state index contributed by atoms with van der Waals surface area (Å²) in [4.78, 5) is 0. The van der Waals surface area contributed by atoms with Crippen LogP contribution in [0.4, 0.5) is 0 Å². The predicted molar refractivity (Wildman–Crippen MR) is 61.1 cm³/mol. The summed E-state index contributed by atoms with van der Waals surface area (Å²) < 4.78 is 5.78. The monoisotopic (exact) mass is 192 g/mol. The van der Waals surface area contributed by atoms with Crippen LogP contribution in [-0.4, -0.2) is 6.10 Å². The van der Waals surface area contributed by atoms with Gasteiger partial charge < -0.3 is 4.74 Å². The van der Waals surface area contributed by atoms with Crippen LogP contribution in [-0.2, 0) is 4.74 Å². The largest absolute Gasteiger partial charge is 0.491 e. The lowest BCUT2D eigenvalue weighted by molar-refractivity contribution is 0.154. The second-order valence-electron chi connectivity index (χ2n) is 3.99. The van der Waals surface area contributed by atoms with Crippen molar-refractivity contribution in [3.8, 4) is 0 Å². The first-order valence-corrected chi connectivity index (χ1v) is 5.37. The molecule has 0 saturated heterocycles. The molecule has 0 spiro atoms. The summed E-state index contributed by atoms with van der Waals surface area (Å²) in [7, 11) is 0. The van der Waals surface area contributed by atoms with Crippen LogP contribution in [0.2, 0.25) is 0 Å². The zero-order valence-electron chi connectivity index (χ0n) is 9.63. The molecular weight excluding hydrogens is 172 g/mol. The normalized spacial score (nSPS) is 17.1. The lowest BCUT2D eigenvalue weighted by Gasteiger charge is -2.13. The minimum Gasteiger partial charge on any atom is -0.491 e. The van der Waals surface area contributed by atoms with Crippen LogP contribution in [0.3, 0.4) is 0 Å². The summed E-state index contributed by atoms with van der Waals surface area (Å²) in [6.45, 7) is 8.44. The summed E-state index contributed by atoms with van der Waals surface area (Å²) >= 11 is 0. The van der Waals surface area contributed by atoms with E-state index in [9.17, 15) is 0 Å². The molecule has 78 valence electrons. The third-order valence-corrected chi connectivity index (χ3v) is 2.26. The van der Waals surface area contributed by atoms with Gasteiger partial charge in [0.25, 0.3) is 0 Å². The predicted octanol–water partition coefficient (Wildman–Crippen LogP) is 3.98. The molecule has 0 aromatic heterocycles. The van der Waals surface area contributed by atoms with E-state index in [1.807, 2.05) is 0 Å². The van der Waals surface area contributed by atoms with E-state index in [0.717, 1.165) is 18.6 Å². The molecule has 0 heterocycles. The van der Waals surface area contributed by atoms with E-state index in [2.05, 4.69) is 45.9 Å². The summed E-state index contributed by atoms with van der Waals surface area (Å²) in [6, 6.07) is 0. The van der Waals surface area contributed by atoms with Crippen molar-refractivity contribution in [2.24, 2.45) is 0 Å². The molecule has 1 nitrogen and oxygen atoms in total. The van der Waals surface area contributed by atoms with Gasteiger partial charge >= 0.3 is 0 Å². The molecule has 0 fully saturated rings. The molecule has 0 saturated carbocycles. The van der Waals surface area contributed by atoms with E-state index >= 15 is 0 Å². The topological polar surface area (TPSA) is 9.23 Å². The highest BCUT2D eigenvalue weighted by Gasteiger charge is 2.06. The highest BCUT2D eigenvalue weighted by atomic mass is 16.5.